The van der Waals surface area contributed by atoms with E-state index in [4.69, 9.17) is 4.42 Å². The van der Waals surface area contributed by atoms with Crippen LogP contribution in [0, 0.1) is 0 Å². The SMILES string of the molecule is C[C@]12C(=O)N(c3cccc(C(=O)NCc4ccco4)c3)C(=O)N1CCc1c2[nH]c2ccccc12. The quantitative estimate of drug-likeness (QED) is 0.457. The fraction of sp³-hybridized carbons (Fsp3) is 0.192. The molecule has 2 aromatic heterocycles. The Balaban J connectivity index is 1.34. The number of urea groups is 1. The molecule has 4 heterocycles. The molecule has 0 radical (unpaired) electrons. The van der Waals surface area contributed by atoms with Crippen molar-refractivity contribution in [3.05, 3.63) is 89.5 Å². The van der Waals surface area contributed by atoms with Crippen molar-refractivity contribution in [2.75, 3.05) is 11.4 Å². The van der Waals surface area contributed by atoms with Gasteiger partial charge in [-0.05, 0) is 55.3 Å². The molecule has 4 amide bonds. The number of carbonyl (C=O) groups is 3. The molecule has 0 unspecified atom stereocenters. The molecule has 170 valence electrons. The Morgan fingerprint density at radius 2 is 1.97 bits per heavy atom. The number of furan rings is 1. The number of benzene rings is 2. The lowest BCUT2D eigenvalue weighted by Gasteiger charge is -2.35. The Morgan fingerprint density at radius 1 is 1.12 bits per heavy atom. The summed E-state index contributed by atoms with van der Waals surface area (Å²) in [6.45, 7) is 2.48. The van der Waals surface area contributed by atoms with E-state index in [1.165, 1.54) is 4.90 Å². The lowest BCUT2D eigenvalue weighted by Crippen LogP contribution is -2.49. The molecule has 34 heavy (non-hydrogen) atoms. The van der Waals surface area contributed by atoms with Gasteiger partial charge in [0.2, 0.25) is 0 Å². The van der Waals surface area contributed by atoms with Gasteiger partial charge < -0.3 is 19.6 Å². The van der Waals surface area contributed by atoms with Crippen LogP contribution in [0.15, 0.2) is 71.3 Å². The van der Waals surface area contributed by atoms with Crippen LogP contribution < -0.4 is 10.2 Å². The fourth-order valence-electron chi connectivity index (χ4n) is 5.09. The van der Waals surface area contributed by atoms with Crippen LogP contribution in [0.1, 0.15) is 34.3 Å². The van der Waals surface area contributed by atoms with Crippen molar-refractivity contribution < 1.29 is 18.8 Å². The number of carbonyl (C=O) groups excluding carboxylic acids is 3. The molecule has 0 spiro atoms. The number of H-pyrrole nitrogens is 1. The molecular weight excluding hydrogens is 432 g/mol. The monoisotopic (exact) mass is 454 g/mol. The van der Waals surface area contributed by atoms with Crippen LogP contribution in [0.2, 0.25) is 0 Å². The second-order valence-electron chi connectivity index (χ2n) is 8.73. The molecule has 2 aliphatic heterocycles. The first-order valence-electron chi connectivity index (χ1n) is 11.2. The molecule has 1 saturated heterocycles. The minimum atomic E-state index is -1.14. The molecule has 1 atom stereocenters. The summed E-state index contributed by atoms with van der Waals surface area (Å²) in [5.41, 5.74) is 2.36. The highest BCUT2D eigenvalue weighted by molar-refractivity contribution is 6.24. The van der Waals surface area contributed by atoms with Crippen LogP contribution in [0.5, 0.6) is 0 Å². The average molecular weight is 454 g/mol. The summed E-state index contributed by atoms with van der Waals surface area (Å²) < 4.78 is 5.25. The fourth-order valence-corrected chi connectivity index (χ4v) is 5.09. The van der Waals surface area contributed by atoms with E-state index in [0.717, 1.165) is 22.2 Å². The Hall–Kier alpha value is -4.33. The summed E-state index contributed by atoms with van der Waals surface area (Å²) in [7, 11) is 0. The maximum Gasteiger partial charge on any atom is 0.332 e. The number of hydrogen-bond donors (Lipinski definition) is 2. The van der Waals surface area contributed by atoms with Crippen LogP contribution in [0.4, 0.5) is 10.5 Å². The van der Waals surface area contributed by atoms with Gasteiger partial charge >= 0.3 is 6.03 Å². The van der Waals surface area contributed by atoms with Crippen molar-refractivity contribution in [2.24, 2.45) is 0 Å². The summed E-state index contributed by atoms with van der Waals surface area (Å²) in [5.74, 6) is -0.0225. The minimum absolute atomic E-state index is 0.243. The van der Waals surface area contributed by atoms with Gasteiger partial charge in [0.15, 0.2) is 5.54 Å². The van der Waals surface area contributed by atoms with Gasteiger partial charge in [-0.25, -0.2) is 9.69 Å². The van der Waals surface area contributed by atoms with Crippen molar-refractivity contribution in [3.8, 4) is 0 Å². The molecule has 0 aliphatic carbocycles. The summed E-state index contributed by atoms with van der Waals surface area (Å²) in [6.07, 6.45) is 2.21. The first kappa shape index (κ1) is 20.3. The van der Waals surface area contributed by atoms with E-state index in [1.807, 2.05) is 24.3 Å². The summed E-state index contributed by atoms with van der Waals surface area (Å²) in [5, 5.41) is 3.87. The molecule has 1 fully saturated rings. The third-order valence-electron chi connectivity index (χ3n) is 6.84. The third kappa shape index (κ3) is 2.81. The molecule has 2 aromatic carbocycles. The van der Waals surface area contributed by atoms with Crippen LogP contribution in [0.25, 0.3) is 10.9 Å². The van der Waals surface area contributed by atoms with Gasteiger partial charge in [-0.15, -0.1) is 0 Å². The first-order chi connectivity index (χ1) is 16.5. The Labute approximate surface area is 195 Å². The number of nitrogens with one attached hydrogen (secondary N) is 2. The minimum Gasteiger partial charge on any atom is -0.467 e. The van der Waals surface area contributed by atoms with E-state index in [9.17, 15) is 14.4 Å². The largest absolute Gasteiger partial charge is 0.467 e. The van der Waals surface area contributed by atoms with Gasteiger partial charge in [0, 0.05) is 23.0 Å². The van der Waals surface area contributed by atoms with Gasteiger partial charge in [0.05, 0.1) is 24.2 Å². The number of aromatic amines is 1. The van der Waals surface area contributed by atoms with Crippen molar-refractivity contribution in [1.29, 1.82) is 0 Å². The standard InChI is InChI=1S/C26H22N4O4/c1-26-22-20(19-9-2-3-10-21(19)28-22)11-12-29(26)25(33)30(24(26)32)17-7-4-6-16(14-17)23(31)27-15-18-8-5-13-34-18/h2-10,13-14,28H,11-12,15H2,1H3,(H,27,31)/t26-/m0/s1. The van der Waals surface area contributed by atoms with Crippen LogP contribution >= 0.6 is 0 Å². The average Bonchev–Trinajstić information content (AvgIpc) is 3.55. The number of anilines is 1. The van der Waals surface area contributed by atoms with Crippen LogP contribution in [-0.4, -0.2) is 34.3 Å². The smallest absolute Gasteiger partial charge is 0.332 e. The van der Waals surface area contributed by atoms with Gasteiger partial charge in [-0.3, -0.25) is 9.59 Å². The summed E-state index contributed by atoms with van der Waals surface area (Å²) in [4.78, 5) is 46.1. The topological polar surface area (TPSA) is 98.7 Å². The van der Waals surface area contributed by atoms with Gasteiger partial charge in [0.1, 0.15) is 5.76 Å². The predicted octanol–water partition coefficient (Wildman–Crippen LogP) is 3.93. The van der Waals surface area contributed by atoms with Crippen LogP contribution in [-0.2, 0) is 23.3 Å². The van der Waals surface area contributed by atoms with Crippen molar-refractivity contribution >= 4 is 34.4 Å². The van der Waals surface area contributed by atoms with E-state index in [0.29, 0.717) is 30.0 Å². The van der Waals surface area contributed by atoms with Gasteiger partial charge in [-0.2, -0.15) is 0 Å². The number of imide groups is 1. The highest BCUT2D eigenvalue weighted by atomic mass is 16.3. The third-order valence-corrected chi connectivity index (χ3v) is 6.84. The molecule has 4 aromatic rings. The number of aromatic nitrogens is 1. The zero-order chi connectivity index (χ0) is 23.4. The molecule has 8 nitrogen and oxygen atoms in total. The number of rotatable bonds is 4. The maximum atomic E-state index is 13.8. The zero-order valence-electron chi connectivity index (χ0n) is 18.5. The van der Waals surface area contributed by atoms with E-state index in [-0.39, 0.29) is 24.4 Å². The molecule has 6 rings (SSSR count). The van der Waals surface area contributed by atoms with Gasteiger partial charge in [-0.1, -0.05) is 24.3 Å². The highest BCUT2D eigenvalue weighted by Crippen LogP contribution is 2.45. The lowest BCUT2D eigenvalue weighted by molar-refractivity contribution is -0.125. The summed E-state index contributed by atoms with van der Waals surface area (Å²) >= 11 is 0. The van der Waals surface area contributed by atoms with Crippen molar-refractivity contribution in [1.82, 2.24) is 15.2 Å². The number of amides is 4. The van der Waals surface area contributed by atoms with E-state index in [2.05, 4.69) is 10.3 Å². The van der Waals surface area contributed by atoms with Crippen molar-refractivity contribution in [3.63, 3.8) is 0 Å². The van der Waals surface area contributed by atoms with E-state index >= 15 is 0 Å². The second kappa shape index (κ2) is 7.34. The van der Waals surface area contributed by atoms with Gasteiger partial charge in [0.25, 0.3) is 11.8 Å². The maximum absolute atomic E-state index is 13.8. The Kier molecular flexibility index (Phi) is 4.38. The predicted molar refractivity (Wildman–Crippen MR) is 125 cm³/mol. The number of hydrogen-bond acceptors (Lipinski definition) is 4. The highest BCUT2D eigenvalue weighted by Gasteiger charge is 2.59. The Morgan fingerprint density at radius 3 is 2.79 bits per heavy atom. The van der Waals surface area contributed by atoms with E-state index in [1.54, 1.807) is 54.5 Å². The molecular formula is C26H22N4O4. The molecule has 2 aliphatic rings. The number of nitrogens with zero attached hydrogens (tertiary/aromatic N) is 2. The van der Waals surface area contributed by atoms with Crippen LogP contribution in [0.3, 0.4) is 0 Å². The van der Waals surface area contributed by atoms with E-state index < -0.39 is 5.54 Å². The first-order valence-corrected chi connectivity index (χ1v) is 11.2. The number of fused-ring (bicyclic) bond motifs is 5. The second-order valence-corrected chi connectivity index (χ2v) is 8.73. The normalized spacial score (nSPS) is 19.4. The Bertz CT molecular complexity index is 1450. The lowest BCUT2D eigenvalue weighted by atomic mass is 9.87. The molecule has 0 bridgehead atoms. The van der Waals surface area contributed by atoms with Crippen molar-refractivity contribution in [2.45, 2.75) is 25.4 Å². The molecule has 2 N–H and O–H groups in total. The number of para-hydroxylation sites is 1. The molecule has 0 saturated carbocycles. The zero-order valence-corrected chi connectivity index (χ0v) is 18.5. The molecule has 8 heteroatoms. The summed E-state index contributed by atoms with van der Waals surface area (Å²) in [6, 6.07) is 17.6.